The smallest absolute Gasteiger partial charge is 0.261 e. The van der Waals surface area contributed by atoms with Crippen LogP contribution >= 0.6 is 0 Å². The molecule has 1 aliphatic heterocycles. The number of benzene rings is 2. The number of hydrogen-bond acceptors (Lipinski definition) is 4. The summed E-state index contributed by atoms with van der Waals surface area (Å²) in [6.45, 7) is 2.41. The van der Waals surface area contributed by atoms with E-state index in [4.69, 9.17) is 0 Å². The summed E-state index contributed by atoms with van der Waals surface area (Å²) >= 11 is 0. The van der Waals surface area contributed by atoms with Gasteiger partial charge in [-0.25, -0.2) is 0 Å². The minimum Gasteiger partial charge on any atom is -0.356 e. The van der Waals surface area contributed by atoms with Crippen LogP contribution in [0.4, 0.5) is 0 Å². The van der Waals surface area contributed by atoms with E-state index in [0.29, 0.717) is 17.7 Å². The maximum Gasteiger partial charge on any atom is 0.261 e. The van der Waals surface area contributed by atoms with Crippen molar-refractivity contribution in [2.75, 3.05) is 26.7 Å². The third-order valence-electron chi connectivity index (χ3n) is 4.77. The predicted octanol–water partition coefficient (Wildman–Crippen LogP) is 2.31. The van der Waals surface area contributed by atoms with Gasteiger partial charge in [-0.3, -0.25) is 19.3 Å². The molecule has 0 saturated carbocycles. The average Bonchev–Trinajstić information content (AvgIpc) is 2.95. The number of nitrogens with zero attached hydrogens (tertiary/aromatic N) is 2. The quantitative estimate of drug-likeness (QED) is 0.536. The number of hydrogen-bond donors (Lipinski definition) is 1. The highest BCUT2D eigenvalue weighted by Crippen LogP contribution is 2.22. The van der Waals surface area contributed by atoms with Gasteiger partial charge < -0.3 is 10.2 Å². The second-order valence-electron chi connectivity index (χ2n) is 6.98. The van der Waals surface area contributed by atoms with Gasteiger partial charge >= 0.3 is 0 Å². The number of fused-ring (bicyclic) bond motifs is 1. The first-order chi connectivity index (χ1) is 13.6. The number of amides is 3. The van der Waals surface area contributed by atoms with Crippen molar-refractivity contribution in [3.8, 4) is 0 Å². The predicted molar refractivity (Wildman–Crippen MR) is 107 cm³/mol. The average molecular weight is 379 g/mol. The van der Waals surface area contributed by atoms with E-state index in [-0.39, 0.29) is 30.7 Å². The molecular weight excluding hydrogens is 354 g/mol. The van der Waals surface area contributed by atoms with Gasteiger partial charge in [0, 0.05) is 26.1 Å². The normalized spacial score (nSPS) is 13.1. The molecule has 0 spiro atoms. The Morgan fingerprint density at radius 3 is 2.21 bits per heavy atom. The van der Waals surface area contributed by atoms with Gasteiger partial charge in [-0.15, -0.1) is 0 Å². The molecule has 6 heteroatoms. The second-order valence-corrected chi connectivity index (χ2v) is 6.98. The van der Waals surface area contributed by atoms with E-state index in [1.807, 2.05) is 18.2 Å². The molecule has 3 amide bonds. The van der Waals surface area contributed by atoms with Crippen LogP contribution in [0.15, 0.2) is 54.6 Å². The number of rotatable bonds is 9. The van der Waals surface area contributed by atoms with Crippen LogP contribution in [-0.4, -0.2) is 54.2 Å². The third-order valence-corrected chi connectivity index (χ3v) is 4.77. The molecule has 0 bridgehead atoms. The van der Waals surface area contributed by atoms with Crippen LogP contribution in [0.1, 0.15) is 39.1 Å². The highest BCUT2D eigenvalue weighted by atomic mass is 16.2. The van der Waals surface area contributed by atoms with Crippen LogP contribution in [0.2, 0.25) is 0 Å². The first-order valence-electron chi connectivity index (χ1n) is 9.50. The standard InChI is InChI=1S/C22H25N3O3/c1-24(16-17-8-3-2-4-9-17)14-7-13-23-20(26)12-15-25-21(27)18-10-5-6-11-19(18)22(25)28/h2-6,8-11H,7,12-16H2,1H3,(H,23,26). The lowest BCUT2D eigenvalue weighted by Gasteiger charge is -2.17. The Morgan fingerprint density at radius 1 is 0.964 bits per heavy atom. The summed E-state index contributed by atoms with van der Waals surface area (Å²) in [7, 11) is 2.05. The zero-order chi connectivity index (χ0) is 19.9. The van der Waals surface area contributed by atoms with E-state index in [1.165, 1.54) is 5.56 Å². The van der Waals surface area contributed by atoms with E-state index in [2.05, 4.69) is 29.4 Å². The molecule has 6 nitrogen and oxygen atoms in total. The molecule has 0 radical (unpaired) electrons. The van der Waals surface area contributed by atoms with Crippen LogP contribution in [0, 0.1) is 0 Å². The molecule has 1 aliphatic rings. The minimum absolute atomic E-state index is 0.103. The number of imide groups is 1. The van der Waals surface area contributed by atoms with Crippen molar-refractivity contribution in [3.05, 3.63) is 71.3 Å². The van der Waals surface area contributed by atoms with Gasteiger partial charge in [0.25, 0.3) is 11.8 Å². The van der Waals surface area contributed by atoms with Gasteiger partial charge in [0.15, 0.2) is 0 Å². The molecule has 0 unspecified atom stereocenters. The summed E-state index contributed by atoms with van der Waals surface area (Å²) in [5.41, 5.74) is 2.08. The molecule has 0 aliphatic carbocycles. The number of carbonyl (C=O) groups is 3. The Hall–Kier alpha value is -2.99. The highest BCUT2D eigenvalue weighted by molar-refractivity contribution is 6.21. The number of nitrogens with one attached hydrogen (secondary N) is 1. The molecule has 146 valence electrons. The van der Waals surface area contributed by atoms with Crippen molar-refractivity contribution in [2.45, 2.75) is 19.4 Å². The summed E-state index contributed by atoms with van der Waals surface area (Å²) in [4.78, 5) is 40.0. The first-order valence-corrected chi connectivity index (χ1v) is 9.50. The molecule has 0 atom stereocenters. The summed E-state index contributed by atoms with van der Waals surface area (Å²) in [6.07, 6.45) is 0.952. The Labute approximate surface area is 165 Å². The Balaban J connectivity index is 1.34. The van der Waals surface area contributed by atoms with Crippen molar-refractivity contribution in [1.29, 1.82) is 0 Å². The van der Waals surface area contributed by atoms with Crippen LogP contribution in [-0.2, 0) is 11.3 Å². The van der Waals surface area contributed by atoms with Crippen LogP contribution in [0.5, 0.6) is 0 Å². The topological polar surface area (TPSA) is 69.7 Å². The van der Waals surface area contributed by atoms with Gasteiger partial charge in [-0.05, 0) is 37.7 Å². The molecule has 2 aromatic carbocycles. The maximum atomic E-state index is 12.3. The van der Waals surface area contributed by atoms with Crippen molar-refractivity contribution in [3.63, 3.8) is 0 Å². The number of carbonyl (C=O) groups excluding carboxylic acids is 3. The van der Waals surface area contributed by atoms with Crippen molar-refractivity contribution < 1.29 is 14.4 Å². The second kappa shape index (κ2) is 9.28. The molecule has 0 fully saturated rings. The Kier molecular flexibility index (Phi) is 6.55. The maximum absolute atomic E-state index is 12.3. The van der Waals surface area contributed by atoms with Crippen LogP contribution in [0.3, 0.4) is 0 Å². The lowest BCUT2D eigenvalue weighted by Crippen LogP contribution is -2.35. The van der Waals surface area contributed by atoms with E-state index in [9.17, 15) is 14.4 Å². The zero-order valence-corrected chi connectivity index (χ0v) is 16.1. The van der Waals surface area contributed by atoms with Gasteiger partial charge in [0.2, 0.25) is 5.91 Å². The van der Waals surface area contributed by atoms with Gasteiger partial charge in [0.05, 0.1) is 11.1 Å². The van der Waals surface area contributed by atoms with E-state index in [1.54, 1.807) is 24.3 Å². The summed E-state index contributed by atoms with van der Waals surface area (Å²) in [5.74, 6) is -0.797. The third kappa shape index (κ3) is 4.84. The lowest BCUT2D eigenvalue weighted by atomic mass is 10.1. The zero-order valence-electron chi connectivity index (χ0n) is 16.1. The van der Waals surface area contributed by atoms with Gasteiger partial charge in [0.1, 0.15) is 0 Å². The molecule has 2 aromatic rings. The molecule has 0 aromatic heterocycles. The fourth-order valence-corrected chi connectivity index (χ4v) is 3.29. The van der Waals surface area contributed by atoms with Crippen molar-refractivity contribution in [2.24, 2.45) is 0 Å². The fraction of sp³-hybridized carbons (Fsp3) is 0.318. The molecule has 3 rings (SSSR count). The highest BCUT2D eigenvalue weighted by Gasteiger charge is 2.34. The molecular formula is C22H25N3O3. The first kappa shape index (κ1) is 19.8. The van der Waals surface area contributed by atoms with Crippen molar-refractivity contribution in [1.82, 2.24) is 15.1 Å². The molecule has 1 N–H and O–H groups in total. The van der Waals surface area contributed by atoms with E-state index in [0.717, 1.165) is 24.4 Å². The molecule has 28 heavy (non-hydrogen) atoms. The van der Waals surface area contributed by atoms with Crippen LogP contribution < -0.4 is 5.32 Å². The summed E-state index contributed by atoms with van der Waals surface area (Å²) in [5, 5.41) is 2.86. The molecule has 1 heterocycles. The summed E-state index contributed by atoms with van der Waals surface area (Å²) in [6, 6.07) is 17.0. The summed E-state index contributed by atoms with van der Waals surface area (Å²) < 4.78 is 0. The van der Waals surface area contributed by atoms with Crippen LogP contribution in [0.25, 0.3) is 0 Å². The minimum atomic E-state index is -0.323. The van der Waals surface area contributed by atoms with E-state index < -0.39 is 0 Å². The fourth-order valence-electron chi connectivity index (χ4n) is 3.29. The largest absolute Gasteiger partial charge is 0.356 e. The lowest BCUT2D eigenvalue weighted by molar-refractivity contribution is -0.121. The van der Waals surface area contributed by atoms with Crippen molar-refractivity contribution >= 4 is 17.7 Å². The van der Waals surface area contributed by atoms with Gasteiger partial charge in [-0.1, -0.05) is 42.5 Å². The SMILES string of the molecule is CN(CCCNC(=O)CCN1C(=O)c2ccccc2C1=O)Cc1ccccc1. The Bertz CT molecular complexity index is 816. The van der Waals surface area contributed by atoms with E-state index >= 15 is 0 Å². The van der Waals surface area contributed by atoms with Gasteiger partial charge in [-0.2, -0.15) is 0 Å². The monoisotopic (exact) mass is 379 g/mol. The Morgan fingerprint density at radius 2 is 1.57 bits per heavy atom. The molecule has 0 saturated heterocycles.